The van der Waals surface area contributed by atoms with Crippen LogP contribution in [0.1, 0.15) is 17.5 Å². The number of carbonyl (C=O) groups is 1. The Bertz CT molecular complexity index is 1020. The van der Waals surface area contributed by atoms with E-state index in [1.54, 1.807) is 31.2 Å². The summed E-state index contributed by atoms with van der Waals surface area (Å²) in [5, 5.41) is 22.2. The van der Waals surface area contributed by atoms with Crippen LogP contribution in [0.25, 0.3) is 5.69 Å². The second-order valence-corrected chi connectivity index (χ2v) is 5.75. The van der Waals surface area contributed by atoms with E-state index in [4.69, 9.17) is 5.26 Å². The van der Waals surface area contributed by atoms with Crippen molar-refractivity contribution in [3.63, 3.8) is 0 Å². The van der Waals surface area contributed by atoms with Gasteiger partial charge in [0.05, 0.1) is 18.0 Å². The first kappa shape index (κ1) is 18.2. The average molecular weight is 406 g/mol. The van der Waals surface area contributed by atoms with Crippen LogP contribution in [-0.4, -0.2) is 26.8 Å². The van der Waals surface area contributed by atoms with E-state index in [0.29, 0.717) is 5.69 Å². The summed E-state index contributed by atoms with van der Waals surface area (Å²) in [7, 11) is 0. The van der Waals surface area contributed by atoms with Gasteiger partial charge in [0.15, 0.2) is 0 Å². The maximum absolute atomic E-state index is 12.1. The number of aromatic nitrogens is 2. The zero-order chi connectivity index (χ0) is 18.6. The molecule has 1 amide bonds. The molecule has 0 saturated carbocycles. The number of nitriles is 1. The van der Waals surface area contributed by atoms with Crippen LogP contribution in [0.5, 0.6) is 5.88 Å². The maximum Gasteiger partial charge on any atom is 0.335 e. The van der Waals surface area contributed by atoms with Gasteiger partial charge in [-0.15, -0.1) is 0 Å². The number of hydrazone groups is 1. The number of hydrogen-bond acceptors (Lipinski definition) is 6. The quantitative estimate of drug-likeness (QED) is 0.506. The highest BCUT2D eigenvalue weighted by atomic mass is 79.9. The molecule has 0 aliphatic carbocycles. The van der Waals surface area contributed by atoms with Gasteiger partial charge in [0.25, 0.3) is 11.5 Å². The summed E-state index contributed by atoms with van der Waals surface area (Å²) in [6, 6.07) is 6.54. The van der Waals surface area contributed by atoms with Gasteiger partial charge in [-0.2, -0.15) is 10.4 Å². The van der Waals surface area contributed by atoms with Gasteiger partial charge in [0, 0.05) is 4.47 Å². The van der Waals surface area contributed by atoms with Crippen LogP contribution >= 0.6 is 15.9 Å². The molecular formula is C15H12BrN5O4. The Labute approximate surface area is 149 Å². The number of aromatic amines is 1. The first-order valence-electron chi connectivity index (χ1n) is 6.89. The van der Waals surface area contributed by atoms with Gasteiger partial charge in [0.1, 0.15) is 12.0 Å². The summed E-state index contributed by atoms with van der Waals surface area (Å²) in [6.07, 6.45) is 0.489. The zero-order valence-corrected chi connectivity index (χ0v) is 14.5. The molecule has 2 rings (SSSR count). The van der Waals surface area contributed by atoms with Crippen LogP contribution in [0.2, 0.25) is 0 Å². The minimum atomic E-state index is -0.870. The summed E-state index contributed by atoms with van der Waals surface area (Å²) in [4.78, 5) is 37.2. The van der Waals surface area contributed by atoms with E-state index in [2.05, 4.69) is 26.0 Å². The third-order valence-electron chi connectivity index (χ3n) is 3.14. The van der Waals surface area contributed by atoms with E-state index in [1.165, 1.54) is 0 Å². The molecule has 0 saturated heterocycles. The fourth-order valence-corrected chi connectivity index (χ4v) is 2.19. The minimum Gasteiger partial charge on any atom is -0.493 e. The van der Waals surface area contributed by atoms with Crippen molar-refractivity contribution in [2.45, 2.75) is 13.3 Å². The molecule has 0 fully saturated rings. The van der Waals surface area contributed by atoms with Crippen LogP contribution in [0.15, 0.2) is 37.4 Å². The highest BCUT2D eigenvalue weighted by molar-refractivity contribution is 9.10. The number of nitrogens with zero attached hydrogens (tertiary/aromatic N) is 3. The van der Waals surface area contributed by atoms with Gasteiger partial charge in [0.2, 0.25) is 5.88 Å². The highest BCUT2D eigenvalue weighted by Gasteiger charge is 2.14. The van der Waals surface area contributed by atoms with E-state index < -0.39 is 29.5 Å². The Morgan fingerprint density at radius 2 is 2.24 bits per heavy atom. The lowest BCUT2D eigenvalue weighted by Gasteiger charge is -2.10. The molecule has 128 valence electrons. The Kier molecular flexibility index (Phi) is 5.51. The fraction of sp³-hybridized carbons (Fsp3) is 0.133. The van der Waals surface area contributed by atoms with Crippen LogP contribution in [-0.2, 0) is 4.79 Å². The molecule has 10 heteroatoms. The first-order valence-corrected chi connectivity index (χ1v) is 7.68. The number of carbonyl (C=O) groups excluding carboxylic acids is 1. The molecule has 1 aromatic heterocycles. The van der Waals surface area contributed by atoms with Gasteiger partial charge in [-0.3, -0.25) is 14.6 Å². The second kappa shape index (κ2) is 7.59. The predicted molar refractivity (Wildman–Crippen MR) is 92.7 cm³/mol. The van der Waals surface area contributed by atoms with Crippen LogP contribution in [0.4, 0.5) is 0 Å². The molecule has 1 heterocycles. The van der Waals surface area contributed by atoms with Crippen molar-refractivity contribution >= 4 is 28.1 Å². The maximum atomic E-state index is 12.1. The summed E-state index contributed by atoms with van der Waals surface area (Å²) in [5.41, 5.74) is 1.16. The minimum absolute atomic E-state index is 0.322. The summed E-state index contributed by atoms with van der Waals surface area (Å²) >= 11 is 3.33. The first-order chi connectivity index (χ1) is 11.8. The summed E-state index contributed by atoms with van der Waals surface area (Å²) in [5.74, 6) is -1.31. The SMILES string of the molecule is Cc1cc(-n2c(O)c(C=NNC(=O)CC#N)c(=O)[nH]c2=O)ccc1Br. The third-order valence-corrected chi connectivity index (χ3v) is 4.03. The number of halogens is 1. The largest absolute Gasteiger partial charge is 0.493 e. The number of hydrogen-bond donors (Lipinski definition) is 3. The van der Waals surface area contributed by atoms with Gasteiger partial charge < -0.3 is 5.11 Å². The second-order valence-electron chi connectivity index (χ2n) is 4.89. The number of H-pyrrole nitrogens is 1. The van der Waals surface area contributed by atoms with Crippen LogP contribution < -0.4 is 16.7 Å². The Morgan fingerprint density at radius 1 is 1.52 bits per heavy atom. The Hall–Kier alpha value is -3.19. The molecule has 2 aromatic rings. The van der Waals surface area contributed by atoms with Crippen molar-refractivity contribution in [1.82, 2.24) is 15.0 Å². The van der Waals surface area contributed by atoms with Crippen molar-refractivity contribution in [3.05, 3.63) is 54.6 Å². The smallest absolute Gasteiger partial charge is 0.335 e. The molecule has 25 heavy (non-hydrogen) atoms. The summed E-state index contributed by atoms with van der Waals surface area (Å²) < 4.78 is 1.72. The number of rotatable bonds is 4. The van der Waals surface area contributed by atoms with Crippen LogP contribution in [0, 0.1) is 18.3 Å². The van der Waals surface area contributed by atoms with Crippen molar-refractivity contribution in [1.29, 1.82) is 5.26 Å². The third kappa shape index (κ3) is 4.02. The number of aryl methyl sites for hydroxylation is 1. The standard InChI is InChI=1S/C15H12BrN5O4/c1-8-6-9(2-3-11(8)16)21-14(24)10(13(23)19-15(21)25)7-18-20-12(22)4-5-17/h2-3,6-7,24H,4H2,1H3,(H,20,22)(H,19,23,25). The lowest BCUT2D eigenvalue weighted by Crippen LogP contribution is -2.31. The van der Waals surface area contributed by atoms with Crippen molar-refractivity contribution in [2.24, 2.45) is 5.10 Å². The molecule has 0 bridgehead atoms. The number of benzene rings is 1. The zero-order valence-electron chi connectivity index (χ0n) is 12.9. The average Bonchev–Trinajstić information content (AvgIpc) is 2.54. The van der Waals surface area contributed by atoms with E-state index in [-0.39, 0.29) is 5.56 Å². The van der Waals surface area contributed by atoms with E-state index in [1.807, 2.05) is 5.43 Å². The molecule has 9 nitrogen and oxygen atoms in total. The molecule has 1 aromatic carbocycles. The summed E-state index contributed by atoms with van der Waals surface area (Å²) in [6.45, 7) is 1.80. The Morgan fingerprint density at radius 3 is 2.88 bits per heavy atom. The van der Waals surface area contributed by atoms with Gasteiger partial charge in [-0.1, -0.05) is 15.9 Å². The van der Waals surface area contributed by atoms with Crippen LogP contribution in [0.3, 0.4) is 0 Å². The molecule has 0 atom stereocenters. The molecular weight excluding hydrogens is 394 g/mol. The predicted octanol–water partition coefficient (Wildman–Crippen LogP) is 0.666. The lowest BCUT2D eigenvalue weighted by atomic mass is 10.2. The number of amides is 1. The van der Waals surface area contributed by atoms with Crippen molar-refractivity contribution in [2.75, 3.05) is 0 Å². The fourth-order valence-electron chi connectivity index (χ4n) is 1.94. The number of aromatic hydroxyl groups is 1. The molecule has 0 unspecified atom stereocenters. The van der Waals surface area contributed by atoms with Gasteiger partial charge in [-0.05, 0) is 30.7 Å². The topological polar surface area (TPSA) is 140 Å². The van der Waals surface area contributed by atoms with E-state index >= 15 is 0 Å². The van der Waals surface area contributed by atoms with E-state index in [0.717, 1.165) is 20.8 Å². The normalized spacial score (nSPS) is 10.6. The Balaban J connectivity index is 2.50. The highest BCUT2D eigenvalue weighted by Crippen LogP contribution is 2.21. The molecule has 3 N–H and O–H groups in total. The van der Waals surface area contributed by atoms with Gasteiger partial charge in [-0.25, -0.2) is 14.8 Å². The molecule has 0 radical (unpaired) electrons. The monoisotopic (exact) mass is 405 g/mol. The van der Waals surface area contributed by atoms with Gasteiger partial charge >= 0.3 is 5.69 Å². The lowest BCUT2D eigenvalue weighted by molar-refractivity contribution is -0.120. The number of nitrogens with one attached hydrogen (secondary N) is 2. The molecule has 0 aliphatic heterocycles. The van der Waals surface area contributed by atoms with E-state index in [9.17, 15) is 19.5 Å². The van der Waals surface area contributed by atoms with Crippen molar-refractivity contribution in [3.8, 4) is 17.6 Å². The molecule has 0 spiro atoms. The molecule has 0 aliphatic rings. The van der Waals surface area contributed by atoms with Crippen molar-refractivity contribution < 1.29 is 9.90 Å².